The van der Waals surface area contributed by atoms with Gasteiger partial charge in [0.25, 0.3) is 0 Å². The molecule has 3 aliphatic heterocycles. The third-order valence-corrected chi connectivity index (χ3v) is 11.3. The fraction of sp³-hybridized carbons (Fsp3) is 0.297. The van der Waals surface area contributed by atoms with Crippen molar-refractivity contribution in [3.05, 3.63) is 106 Å². The number of imide groups is 2. The van der Waals surface area contributed by atoms with Gasteiger partial charge < -0.3 is 9.84 Å². The van der Waals surface area contributed by atoms with Crippen molar-refractivity contribution in [2.45, 2.75) is 33.1 Å². The first-order chi connectivity index (χ1) is 22.1. The maximum absolute atomic E-state index is 14.6. The van der Waals surface area contributed by atoms with Gasteiger partial charge in [0.2, 0.25) is 23.6 Å². The van der Waals surface area contributed by atoms with Crippen LogP contribution >= 0.6 is 11.6 Å². The minimum absolute atomic E-state index is 0.0997. The molecule has 1 N–H and O–H groups in total. The predicted octanol–water partition coefficient (Wildman–Crippen LogP) is 6.14. The van der Waals surface area contributed by atoms with Crippen molar-refractivity contribution in [1.82, 2.24) is 0 Å². The summed E-state index contributed by atoms with van der Waals surface area (Å²) >= 11 is 6.40. The molecule has 3 fully saturated rings. The van der Waals surface area contributed by atoms with Crippen LogP contribution in [0.15, 0.2) is 90.2 Å². The maximum Gasteiger partial charge on any atom is 0.241 e. The van der Waals surface area contributed by atoms with Crippen molar-refractivity contribution >= 4 is 46.6 Å². The molecule has 6 atom stereocenters. The number of carbonyl (C=O) groups excluding carboxylic acids is 4. The van der Waals surface area contributed by atoms with Gasteiger partial charge in [0.05, 0.1) is 40.8 Å². The third kappa shape index (κ3) is 3.92. The molecule has 232 valence electrons. The minimum atomic E-state index is -1.17. The molecule has 8 nitrogen and oxygen atoms in total. The van der Waals surface area contributed by atoms with Crippen LogP contribution in [0.1, 0.15) is 30.9 Å². The molecule has 2 aliphatic carbocycles. The van der Waals surface area contributed by atoms with E-state index in [4.69, 9.17) is 16.3 Å². The zero-order valence-electron chi connectivity index (χ0n) is 25.3. The number of phenols is 1. The SMILES string of the molecule is Cc1ccc(N2C(=O)[C@H]3[C@H](CC=C4[C@H](C5=COc6ccc(O)cc6C5)[C@]5(C)C(=O)N(c6ccccc6)C(=O)[C@@H]5C[C@H]43)C2=O)cc1Cl. The van der Waals surface area contributed by atoms with Gasteiger partial charge in [-0.1, -0.05) is 47.5 Å². The van der Waals surface area contributed by atoms with E-state index < -0.39 is 35.0 Å². The summed E-state index contributed by atoms with van der Waals surface area (Å²) in [5.74, 6) is -3.50. The first-order valence-electron chi connectivity index (χ1n) is 15.5. The van der Waals surface area contributed by atoms with Crippen LogP contribution < -0.4 is 14.5 Å². The molecule has 0 aromatic heterocycles. The zero-order chi connectivity index (χ0) is 32.1. The number of nitrogens with zero attached hydrogens (tertiary/aromatic N) is 2. The number of rotatable bonds is 3. The number of para-hydroxylation sites is 1. The Morgan fingerprint density at radius 3 is 2.43 bits per heavy atom. The standard InChI is InChI=1S/C37H31ClN2O6/c1-19-8-9-23(16-29(19)38)39-33(42)26-12-11-25-27(31(26)35(39)44)17-28-34(43)40(22-6-4-3-5-7-22)36(45)37(28,2)32(25)21-14-20-15-24(41)10-13-30(20)46-18-21/h3-11,13,15-16,18,26-28,31-32,41H,12,14,17H2,1-2H3/t26-,27+,28-,31-,32-,37+/m0/s1. The minimum Gasteiger partial charge on any atom is -0.508 e. The molecule has 5 aliphatic rings. The second-order valence-electron chi connectivity index (χ2n) is 13.2. The van der Waals surface area contributed by atoms with Gasteiger partial charge in [-0.15, -0.1) is 0 Å². The van der Waals surface area contributed by atoms with E-state index in [1.165, 1.54) is 9.80 Å². The van der Waals surface area contributed by atoms with E-state index in [2.05, 4.69) is 0 Å². The Morgan fingerprint density at radius 2 is 1.67 bits per heavy atom. The van der Waals surface area contributed by atoms with Gasteiger partial charge >= 0.3 is 0 Å². The molecule has 9 heteroatoms. The van der Waals surface area contributed by atoms with Crippen LogP contribution in [0.2, 0.25) is 5.02 Å². The molecule has 4 amide bonds. The lowest BCUT2D eigenvalue weighted by molar-refractivity contribution is -0.132. The summed E-state index contributed by atoms with van der Waals surface area (Å²) in [6, 6.07) is 19.0. The second kappa shape index (κ2) is 10.2. The number of hydrogen-bond acceptors (Lipinski definition) is 6. The van der Waals surface area contributed by atoms with E-state index in [9.17, 15) is 24.3 Å². The number of aromatic hydroxyl groups is 1. The summed E-state index contributed by atoms with van der Waals surface area (Å²) in [6.07, 6.45) is 4.68. The third-order valence-electron chi connectivity index (χ3n) is 10.8. The van der Waals surface area contributed by atoms with Crippen LogP contribution in [0, 0.1) is 41.9 Å². The van der Waals surface area contributed by atoms with Gasteiger partial charge in [-0.05, 0) is 86.2 Å². The van der Waals surface area contributed by atoms with Crippen molar-refractivity contribution in [1.29, 1.82) is 0 Å². The van der Waals surface area contributed by atoms with E-state index in [0.29, 0.717) is 35.0 Å². The predicted molar refractivity (Wildman–Crippen MR) is 171 cm³/mol. The van der Waals surface area contributed by atoms with Crippen LogP contribution in [-0.4, -0.2) is 28.7 Å². The van der Waals surface area contributed by atoms with E-state index in [1.807, 2.05) is 26.0 Å². The molecule has 0 unspecified atom stereocenters. The fourth-order valence-electron chi connectivity index (χ4n) is 8.64. The quantitative estimate of drug-likeness (QED) is 0.274. The van der Waals surface area contributed by atoms with Crippen molar-refractivity contribution in [2.24, 2.45) is 35.0 Å². The smallest absolute Gasteiger partial charge is 0.241 e. The van der Waals surface area contributed by atoms with E-state index in [-0.39, 0.29) is 35.8 Å². The molecule has 3 aromatic rings. The second-order valence-corrected chi connectivity index (χ2v) is 13.6. The molecular weight excluding hydrogens is 604 g/mol. The summed E-state index contributed by atoms with van der Waals surface area (Å²) in [6.45, 7) is 3.71. The van der Waals surface area contributed by atoms with E-state index in [0.717, 1.165) is 22.3 Å². The maximum atomic E-state index is 14.6. The number of phenolic OH excluding ortho intramolecular Hbond substituents is 1. The Kier molecular flexibility index (Phi) is 6.35. The van der Waals surface area contributed by atoms with Gasteiger partial charge in [0.1, 0.15) is 11.5 Å². The average molecular weight is 635 g/mol. The number of halogens is 1. The Morgan fingerprint density at radius 1 is 0.891 bits per heavy atom. The number of hydrogen-bond donors (Lipinski definition) is 1. The van der Waals surface area contributed by atoms with Crippen molar-refractivity contribution < 1.29 is 29.0 Å². The van der Waals surface area contributed by atoms with Crippen LogP contribution in [0.25, 0.3) is 0 Å². The number of amides is 4. The highest BCUT2D eigenvalue weighted by atomic mass is 35.5. The molecular formula is C37H31ClN2O6. The molecule has 0 radical (unpaired) electrons. The summed E-state index contributed by atoms with van der Waals surface area (Å²) in [7, 11) is 0. The highest BCUT2D eigenvalue weighted by molar-refractivity contribution is 6.32. The van der Waals surface area contributed by atoms with Crippen LogP contribution in [0.5, 0.6) is 11.5 Å². The molecule has 3 heterocycles. The fourth-order valence-corrected chi connectivity index (χ4v) is 8.82. The molecule has 0 spiro atoms. The first-order valence-corrected chi connectivity index (χ1v) is 15.9. The number of ether oxygens (including phenoxy) is 1. The van der Waals surface area contributed by atoms with Gasteiger partial charge in [0, 0.05) is 22.9 Å². The number of carbonyl (C=O) groups is 4. The molecule has 8 rings (SSSR count). The lowest BCUT2D eigenvalue weighted by Gasteiger charge is -2.49. The van der Waals surface area contributed by atoms with E-state index >= 15 is 0 Å². The number of allylic oxidation sites excluding steroid dienone is 3. The summed E-state index contributed by atoms with van der Waals surface area (Å²) in [5, 5.41) is 10.7. The Bertz CT molecular complexity index is 1930. The summed E-state index contributed by atoms with van der Waals surface area (Å²) in [5.41, 5.74) is 3.04. The topological polar surface area (TPSA) is 104 Å². The van der Waals surface area contributed by atoms with Gasteiger partial charge in [-0.2, -0.15) is 0 Å². The molecule has 3 aromatic carbocycles. The first kappa shape index (κ1) is 28.8. The van der Waals surface area contributed by atoms with Gasteiger partial charge in [0.15, 0.2) is 0 Å². The Balaban J connectivity index is 1.25. The number of benzene rings is 3. The van der Waals surface area contributed by atoms with Gasteiger partial charge in [-0.25, -0.2) is 9.80 Å². The number of fused-ring (bicyclic) bond motifs is 5. The zero-order valence-corrected chi connectivity index (χ0v) is 26.0. The summed E-state index contributed by atoms with van der Waals surface area (Å²) in [4.78, 5) is 59.6. The van der Waals surface area contributed by atoms with Crippen molar-refractivity contribution in [3.8, 4) is 11.5 Å². The van der Waals surface area contributed by atoms with Crippen molar-refractivity contribution in [3.63, 3.8) is 0 Å². The summed E-state index contributed by atoms with van der Waals surface area (Å²) < 4.78 is 6.06. The van der Waals surface area contributed by atoms with Crippen molar-refractivity contribution in [2.75, 3.05) is 9.80 Å². The van der Waals surface area contributed by atoms with E-state index in [1.54, 1.807) is 66.9 Å². The van der Waals surface area contributed by atoms with Gasteiger partial charge in [-0.3, -0.25) is 19.2 Å². The highest BCUT2D eigenvalue weighted by Gasteiger charge is 2.68. The largest absolute Gasteiger partial charge is 0.508 e. The Hall–Kier alpha value is -4.69. The Labute approximate surface area is 270 Å². The highest BCUT2D eigenvalue weighted by Crippen LogP contribution is 2.63. The van der Waals surface area contributed by atoms with Crippen LogP contribution in [0.3, 0.4) is 0 Å². The molecule has 1 saturated carbocycles. The molecule has 46 heavy (non-hydrogen) atoms. The number of aryl methyl sites for hydroxylation is 1. The lowest BCUT2D eigenvalue weighted by Crippen LogP contribution is -2.51. The molecule has 2 saturated heterocycles. The normalized spacial score (nSPS) is 29.8. The van der Waals surface area contributed by atoms with Crippen LogP contribution in [-0.2, 0) is 25.6 Å². The van der Waals surface area contributed by atoms with Crippen LogP contribution in [0.4, 0.5) is 11.4 Å². The lowest BCUT2D eigenvalue weighted by atomic mass is 9.51. The average Bonchev–Trinajstić information content (AvgIpc) is 3.41. The monoisotopic (exact) mass is 634 g/mol. The molecule has 0 bridgehead atoms. The number of anilines is 2.